The standard InChI is InChI=1S/C45H26N4O2/c1-3-11-27(12-4-1)43-46-44(28-20-22-40-35(23-28)32-16-8-10-18-39(32)50-40)48-45(47-43)29-19-21-33-36-25-34-31-15-7-9-17-37(31)49(30-13-5-2-6-14-30)38(34)26-42(36)51-41(33)24-29/h1-26H. The Labute approximate surface area is 290 Å². The number of furan rings is 2. The predicted octanol–water partition coefficient (Wildman–Crippen LogP) is 11.8. The first-order valence-corrected chi connectivity index (χ1v) is 16.9. The summed E-state index contributed by atoms with van der Waals surface area (Å²) in [5.74, 6) is 1.77. The van der Waals surface area contributed by atoms with E-state index in [9.17, 15) is 0 Å². The topological polar surface area (TPSA) is 69.9 Å². The molecule has 0 bridgehead atoms. The molecule has 0 aliphatic rings. The quantitative estimate of drug-likeness (QED) is 0.189. The highest BCUT2D eigenvalue weighted by Crippen LogP contribution is 2.39. The van der Waals surface area contributed by atoms with Gasteiger partial charge in [-0.05, 0) is 60.7 Å². The Balaban J connectivity index is 1.09. The summed E-state index contributed by atoms with van der Waals surface area (Å²) in [7, 11) is 0. The van der Waals surface area contributed by atoms with Crippen LogP contribution in [0.1, 0.15) is 0 Å². The van der Waals surface area contributed by atoms with E-state index in [0.717, 1.165) is 77.3 Å². The molecular formula is C45H26N4O2. The second-order valence-electron chi connectivity index (χ2n) is 12.8. The van der Waals surface area contributed by atoms with Gasteiger partial charge in [-0.2, -0.15) is 0 Å². The fourth-order valence-electron chi connectivity index (χ4n) is 7.45. The van der Waals surface area contributed by atoms with E-state index in [1.165, 1.54) is 10.8 Å². The fourth-order valence-corrected chi connectivity index (χ4v) is 7.45. The highest BCUT2D eigenvalue weighted by molar-refractivity contribution is 6.17. The molecule has 4 heterocycles. The average molecular weight is 655 g/mol. The van der Waals surface area contributed by atoms with E-state index in [0.29, 0.717) is 17.5 Å². The van der Waals surface area contributed by atoms with Gasteiger partial charge in [0.2, 0.25) is 0 Å². The van der Waals surface area contributed by atoms with Crippen molar-refractivity contribution in [2.24, 2.45) is 0 Å². The zero-order valence-corrected chi connectivity index (χ0v) is 27.1. The van der Waals surface area contributed by atoms with E-state index >= 15 is 0 Å². The Morgan fingerprint density at radius 1 is 0.333 bits per heavy atom. The van der Waals surface area contributed by atoms with Gasteiger partial charge in [0, 0.05) is 60.8 Å². The summed E-state index contributed by atoms with van der Waals surface area (Å²) in [6.45, 7) is 0. The van der Waals surface area contributed by atoms with Crippen LogP contribution in [0.5, 0.6) is 0 Å². The molecule has 7 aromatic carbocycles. The summed E-state index contributed by atoms with van der Waals surface area (Å²) in [6, 6.07) is 53.9. The Bertz CT molecular complexity index is 3140. The number of hydrogen-bond donors (Lipinski definition) is 0. The molecular weight excluding hydrogens is 629 g/mol. The van der Waals surface area contributed by atoms with Crippen molar-refractivity contribution >= 4 is 65.7 Å². The number of aromatic nitrogens is 4. The molecule has 238 valence electrons. The first-order valence-electron chi connectivity index (χ1n) is 16.9. The summed E-state index contributed by atoms with van der Waals surface area (Å²) in [5, 5.41) is 6.59. The maximum Gasteiger partial charge on any atom is 0.164 e. The van der Waals surface area contributed by atoms with Crippen LogP contribution < -0.4 is 0 Å². The molecule has 11 rings (SSSR count). The third kappa shape index (κ3) is 4.33. The Hall–Kier alpha value is -7.05. The van der Waals surface area contributed by atoms with Crippen LogP contribution in [0.25, 0.3) is 106 Å². The Kier molecular flexibility index (Phi) is 5.86. The largest absolute Gasteiger partial charge is 0.456 e. The average Bonchev–Trinajstić information content (AvgIpc) is 3.86. The number of rotatable bonds is 4. The molecule has 0 spiro atoms. The first kappa shape index (κ1) is 27.9. The second kappa shape index (κ2) is 10.7. The van der Waals surface area contributed by atoms with Gasteiger partial charge in [-0.1, -0.05) is 91.0 Å². The van der Waals surface area contributed by atoms with E-state index in [4.69, 9.17) is 23.8 Å². The monoisotopic (exact) mass is 654 g/mol. The molecule has 0 radical (unpaired) electrons. The normalized spacial score (nSPS) is 11.9. The van der Waals surface area contributed by atoms with Crippen molar-refractivity contribution in [1.82, 2.24) is 19.5 Å². The molecule has 0 amide bonds. The summed E-state index contributed by atoms with van der Waals surface area (Å²) >= 11 is 0. The van der Waals surface area contributed by atoms with Crippen LogP contribution in [0.2, 0.25) is 0 Å². The number of para-hydroxylation sites is 3. The highest BCUT2D eigenvalue weighted by Gasteiger charge is 2.19. The summed E-state index contributed by atoms with van der Waals surface area (Å²) in [6.07, 6.45) is 0. The molecule has 6 heteroatoms. The molecule has 0 saturated heterocycles. The number of benzene rings is 7. The van der Waals surface area contributed by atoms with Crippen LogP contribution in [0, 0.1) is 0 Å². The highest BCUT2D eigenvalue weighted by atomic mass is 16.3. The first-order chi connectivity index (χ1) is 25.2. The molecule has 0 unspecified atom stereocenters. The molecule has 11 aromatic rings. The van der Waals surface area contributed by atoms with Crippen molar-refractivity contribution < 1.29 is 8.83 Å². The van der Waals surface area contributed by atoms with E-state index in [-0.39, 0.29) is 0 Å². The smallest absolute Gasteiger partial charge is 0.164 e. The van der Waals surface area contributed by atoms with Crippen molar-refractivity contribution in [2.45, 2.75) is 0 Å². The van der Waals surface area contributed by atoms with Gasteiger partial charge in [0.05, 0.1) is 11.0 Å². The zero-order chi connectivity index (χ0) is 33.5. The van der Waals surface area contributed by atoms with Gasteiger partial charge in [-0.3, -0.25) is 0 Å². The second-order valence-corrected chi connectivity index (χ2v) is 12.8. The van der Waals surface area contributed by atoms with Crippen molar-refractivity contribution in [2.75, 3.05) is 0 Å². The predicted molar refractivity (Wildman–Crippen MR) is 205 cm³/mol. The molecule has 0 aliphatic carbocycles. The van der Waals surface area contributed by atoms with Crippen molar-refractivity contribution in [3.63, 3.8) is 0 Å². The molecule has 0 N–H and O–H groups in total. The SMILES string of the molecule is c1ccc(-c2nc(-c3ccc4c(c3)oc3cc5c(cc34)c3ccccc3n5-c3ccccc3)nc(-c3ccc4oc5ccccc5c4c3)n2)cc1. The number of nitrogens with zero attached hydrogens (tertiary/aromatic N) is 4. The summed E-state index contributed by atoms with van der Waals surface area (Å²) < 4.78 is 15.0. The van der Waals surface area contributed by atoms with Gasteiger partial charge in [0.25, 0.3) is 0 Å². The van der Waals surface area contributed by atoms with Gasteiger partial charge in [0.15, 0.2) is 17.5 Å². The van der Waals surface area contributed by atoms with E-state index in [1.807, 2.05) is 72.8 Å². The van der Waals surface area contributed by atoms with Crippen LogP contribution in [0.15, 0.2) is 167 Å². The molecule has 4 aromatic heterocycles. The van der Waals surface area contributed by atoms with Gasteiger partial charge >= 0.3 is 0 Å². The Morgan fingerprint density at radius 2 is 0.902 bits per heavy atom. The minimum absolute atomic E-state index is 0.574. The molecule has 0 atom stereocenters. The van der Waals surface area contributed by atoms with Crippen LogP contribution >= 0.6 is 0 Å². The van der Waals surface area contributed by atoms with Crippen LogP contribution in [-0.2, 0) is 0 Å². The van der Waals surface area contributed by atoms with Crippen molar-refractivity contribution in [1.29, 1.82) is 0 Å². The van der Waals surface area contributed by atoms with Crippen LogP contribution in [0.3, 0.4) is 0 Å². The fraction of sp³-hybridized carbons (Fsp3) is 0. The van der Waals surface area contributed by atoms with Gasteiger partial charge < -0.3 is 13.4 Å². The van der Waals surface area contributed by atoms with E-state index in [1.54, 1.807) is 0 Å². The van der Waals surface area contributed by atoms with Crippen molar-refractivity contribution in [3.05, 3.63) is 158 Å². The van der Waals surface area contributed by atoms with Gasteiger partial charge in [-0.15, -0.1) is 0 Å². The van der Waals surface area contributed by atoms with Gasteiger partial charge in [-0.25, -0.2) is 15.0 Å². The van der Waals surface area contributed by atoms with Crippen molar-refractivity contribution in [3.8, 4) is 39.9 Å². The summed E-state index contributed by atoms with van der Waals surface area (Å²) in [5.41, 5.74) is 9.32. The Morgan fingerprint density at radius 3 is 1.73 bits per heavy atom. The maximum atomic E-state index is 6.62. The summed E-state index contributed by atoms with van der Waals surface area (Å²) in [4.78, 5) is 15.0. The van der Waals surface area contributed by atoms with E-state index in [2.05, 4.69) is 89.5 Å². The lowest BCUT2D eigenvalue weighted by atomic mass is 10.1. The third-order valence-electron chi connectivity index (χ3n) is 9.84. The van der Waals surface area contributed by atoms with Gasteiger partial charge in [0.1, 0.15) is 22.3 Å². The molecule has 0 saturated carbocycles. The molecule has 6 nitrogen and oxygen atoms in total. The van der Waals surface area contributed by atoms with Crippen LogP contribution in [0.4, 0.5) is 0 Å². The minimum atomic E-state index is 0.574. The lowest BCUT2D eigenvalue weighted by Crippen LogP contribution is -2.00. The lowest BCUT2D eigenvalue weighted by Gasteiger charge is -2.08. The number of fused-ring (bicyclic) bond motifs is 9. The van der Waals surface area contributed by atoms with E-state index < -0.39 is 0 Å². The maximum absolute atomic E-state index is 6.62. The molecule has 0 fully saturated rings. The third-order valence-corrected chi connectivity index (χ3v) is 9.84. The minimum Gasteiger partial charge on any atom is -0.456 e. The zero-order valence-electron chi connectivity index (χ0n) is 27.1. The lowest BCUT2D eigenvalue weighted by molar-refractivity contribution is 0.668. The number of hydrogen-bond acceptors (Lipinski definition) is 5. The molecule has 51 heavy (non-hydrogen) atoms. The molecule has 0 aliphatic heterocycles. The van der Waals surface area contributed by atoms with Crippen LogP contribution in [-0.4, -0.2) is 19.5 Å².